The van der Waals surface area contributed by atoms with Crippen LogP contribution in [0.15, 0.2) is 30.3 Å². The van der Waals surface area contributed by atoms with Gasteiger partial charge in [0.2, 0.25) is 52.6 Å². The van der Waals surface area contributed by atoms with E-state index in [9.17, 15) is 0 Å². The zero-order valence-electron chi connectivity index (χ0n) is 55.9. The topological polar surface area (TPSA) is 359 Å². The molecule has 526 valence electrons. The molecule has 14 rings (SSSR count). The second kappa shape index (κ2) is 23.4. The lowest BCUT2D eigenvalue weighted by molar-refractivity contribution is -0.464. The molecule has 0 amide bonds. The Morgan fingerprint density at radius 1 is 0.520 bits per heavy atom. The molecule has 33 nitrogen and oxygen atoms in total. The summed E-state index contributed by atoms with van der Waals surface area (Å²) in [6.45, 7) is 1.34. The smallest absolute Gasteiger partial charge is 0.345 e. The SMILES string of the molecule is COC(=O)[C@@]12O[C@@]3(OC)C(=O)[C@@H]([C@]45OC(C)(C)O[C@H]4CO[C@@]51OC)[C@@]21C(=O)O[C@H]2[C@@H]4OC(=O)c5cc(OC)c(OC)c(OC)c5-c5c(cc(OC)c(OC)c5OC)C(=O)OC[C@H]2O[C@@H](OC(=O)c2cc(OC)c(OC)c(OC)c2)[C@@H]4OC(=O)c2cc(OC)c(OC)c4c2[C@H]1[C@@]3(OC)O4. The molecule has 2 spiro atoms. The highest BCUT2D eigenvalue weighted by molar-refractivity contribution is 6.11. The summed E-state index contributed by atoms with van der Waals surface area (Å²) in [5.41, 5.74) is -12.2. The first kappa shape index (κ1) is 67.2. The molecule has 10 aliphatic rings. The molecular weight excluding hydrogens is 1310 g/mol. The average Bonchev–Trinajstić information content (AvgIpc) is 1.40. The monoisotopic (exact) mass is 1380 g/mol. The van der Waals surface area contributed by atoms with Crippen LogP contribution < -0.4 is 56.8 Å². The second-order valence-electron chi connectivity index (χ2n) is 23.8. The molecule has 0 radical (unpaired) electrons. The fourth-order valence-electron chi connectivity index (χ4n) is 16.3. The van der Waals surface area contributed by atoms with Crippen molar-refractivity contribution in [1.82, 2.24) is 0 Å². The van der Waals surface area contributed by atoms with Gasteiger partial charge in [-0.1, -0.05) is 0 Å². The van der Waals surface area contributed by atoms with Crippen LogP contribution in [0, 0.1) is 11.3 Å². The van der Waals surface area contributed by atoms with Crippen molar-refractivity contribution in [2.75, 3.05) is 120 Å². The van der Waals surface area contributed by atoms with Crippen LogP contribution in [-0.4, -0.2) is 233 Å². The van der Waals surface area contributed by atoms with Crippen LogP contribution in [0.2, 0.25) is 0 Å². The molecule has 8 aliphatic heterocycles. The predicted octanol–water partition coefficient (Wildman–Crippen LogP) is 3.44. The van der Waals surface area contributed by atoms with Crippen LogP contribution in [0.25, 0.3) is 11.1 Å². The number of ketones is 1. The van der Waals surface area contributed by atoms with Crippen molar-refractivity contribution in [3.05, 3.63) is 58.1 Å². The Bertz CT molecular complexity index is 4050. The fourth-order valence-corrected chi connectivity index (χ4v) is 16.3. The minimum absolute atomic E-state index is 0.0353. The Morgan fingerprint density at radius 3 is 1.58 bits per heavy atom. The third kappa shape index (κ3) is 8.07. The molecule has 2 aliphatic carbocycles. The van der Waals surface area contributed by atoms with Crippen LogP contribution in [0.1, 0.15) is 66.8 Å². The lowest BCUT2D eigenvalue weighted by Crippen LogP contribution is -2.89. The first-order valence-corrected chi connectivity index (χ1v) is 30.1. The van der Waals surface area contributed by atoms with Gasteiger partial charge in [-0.2, -0.15) is 0 Å². The Labute approximate surface area is 557 Å². The number of fused-ring (bicyclic) bond motifs is 3. The van der Waals surface area contributed by atoms with Crippen molar-refractivity contribution >= 4 is 41.6 Å². The Hall–Kier alpha value is -9.35. The number of cyclic esters (lactones) is 1. The second-order valence-corrected chi connectivity index (χ2v) is 23.8. The summed E-state index contributed by atoms with van der Waals surface area (Å²) in [4.78, 5) is 115. The highest BCUT2D eigenvalue weighted by atomic mass is 16.9. The van der Waals surface area contributed by atoms with E-state index in [-0.39, 0.29) is 79.9 Å². The van der Waals surface area contributed by atoms with Gasteiger partial charge in [-0.05, 0) is 44.2 Å². The van der Waals surface area contributed by atoms with E-state index in [0.29, 0.717) is 0 Å². The standard InChI is InChI=1S/C65H68O33/c1-59(2)95-35-24-89-65(87-17)61(35,97-59)50-51(66)64(86-16)63(85-15)49-38-28(22-33(77-7)42(81-11)46(38)96-63)55(70)92-48-47-43(93-57(71)60(49,50)62(65,98-64)58(72)84-14)34(90-56(48)94-52(67)25-18-29(73-3)39(78-8)30(19-25)74-4)23-88-53(68)26-20-31(75-5)40(79-9)44(82-12)36(26)37-27(54(69)91-47)21-32(76-6)41(80-10)45(37)83-13/h18-22,34-35,43,47-50,56H,23-24H2,1-17H3/t34-,35+,43-,47+,48-,49-,50-,56+,60+,61-,62+,63-,64+,65+/m1/s1. The van der Waals surface area contributed by atoms with Crippen molar-refractivity contribution in [3.8, 4) is 80.1 Å². The highest BCUT2D eigenvalue weighted by Gasteiger charge is 3.08. The lowest BCUT2D eigenvalue weighted by atomic mass is 9.47. The van der Waals surface area contributed by atoms with E-state index in [4.69, 9.17) is 123 Å². The molecule has 0 aromatic heterocycles. The Balaban J connectivity index is 1.15. The number of rotatable bonds is 17. The summed E-state index contributed by atoms with van der Waals surface area (Å²) in [5.74, 6) is -27.4. The highest BCUT2D eigenvalue weighted by Crippen LogP contribution is 2.85. The first-order chi connectivity index (χ1) is 46.9. The molecule has 33 heteroatoms. The van der Waals surface area contributed by atoms with Crippen LogP contribution >= 0.6 is 0 Å². The number of benzene rings is 4. The largest absolute Gasteiger partial charge is 0.493 e. The van der Waals surface area contributed by atoms with Crippen LogP contribution in [-0.2, 0) is 80.7 Å². The predicted molar refractivity (Wildman–Crippen MR) is 318 cm³/mol. The minimum atomic E-state index is -3.34. The van der Waals surface area contributed by atoms with Gasteiger partial charge in [-0.15, -0.1) is 0 Å². The van der Waals surface area contributed by atoms with Gasteiger partial charge in [0.15, 0.2) is 69.6 Å². The number of ether oxygens (including phenoxy) is 26. The van der Waals surface area contributed by atoms with E-state index in [1.807, 2.05) is 0 Å². The quantitative estimate of drug-likeness (QED) is 0.108. The summed E-state index contributed by atoms with van der Waals surface area (Å²) < 4.78 is 163. The molecular formula is C65H68O33. The van der Waals surface area contributed by atoms with E-state index in [2.05, 4.69) is 0 Å². The fraction of sp³-hybridized carbons (Fsp3) is 0.523. The summed E-state index contributed by atoms with van der Waals surface area (Å²) >= 11 is 0. The third-order valence-electron chi connectivity index (χ3n) is 19.7. The van der Waals surface area contributed by atoms with Crippen LogP contribution in [0.3, 0.4) is 0 Å². The number of carbonyl (C=O) groups is 7. The maximum absolute atomic E-state index is 17.9. The normalized spacial score (nSPS) is 32.3. The number of hydrogen-bond donors (Lipinski definition) is 0. The molecule has 0 N–H and O–H groups in total. The molecule has 5 saturated heterocycles. The Morgan fingerprint density at radius 2 is 1.05 bits per heavy atom. The lowest BCUT2D eigenvalue weighted by Gasteiger charge is -2.65. The minimum Gasteiger partial charge on any atom is -0.493 e. The molecule has 14 atom stereocenters. The third-order valence-corrected chi connectivity index (χ3v) is 19.7. The van der Waals surface area contributed by atoms with Gasteiger partial charge in [0.25, 0.3) is 11.6 Å². The number of Topliss-reactive ketones (excluding diaryl/α,β-unsaturated/α-hetero) is 1. The van der Waals surface area contributed by atoms with Crippen molar-refractivity contribution < 1.29 is 157 Å². The molecule has 8 heterocycles. The van der Waals surface area contributed by atoms with E-state index in [0.717, 1.165) is 40.6 Å². The molecule has 7 fully saturated rings. The first-order valence-electron chi connectivity index (χ1n) is 30.1. The summed E-state index contributed by atoms with van der Waals surface area (Å²) in [6.07, 6.45) is -13.2. The van der Waals surface area contributed by atoms with Gasteiger partial charge in [0.1, 0.15) is 24.2 Å². The number of esters is 6. The van der Waals surface area contributed by atoms with E-state index < -0.39 is 171 Å². The van der Waals surface area contributed by atoms with Crippen molar-refractivity contribution in [2.45, 2.75) is 90.9 Å². The molecule has 4 aromatic rings. The van der Waals surface area contributed by atoms with Crippen LogP contribution in [0.4, 0.5) is 0 Å². The summed E-state index contributed by atoms with van der Waals surface area (Å²) in [5, 5.41) is 0. The van der Waals surface area contributed by atoms with Crippen LogP contribution in [0.5, 0.6) is 69.0 Å². The van der Waals surface area contributed by atoms with Gasteiger partial charge in [-0.3, -0.25) is 9.59 Å². The van der Waals surface area contributed by atoms with E-state index >= 15 is 33.6 Å². The molecule has 98 heavy (non-hydrogen) atoms. The molecule has 4 aromatic carbocycles. The van der Waals surface area contributed by atoms with Gasteiger partial charge in [-0.25, -0.2) is 24.0 Å². The summed E-state index contributed by atoms with van der Waals surface area (Å²) in [6, 6.07) is 5.87. The molecule has 0 unspecified atom stereocenters. The van der Waals surface area contributed by atoms with Crippen molar-refractivity contribution in [3.63, 3.8) is 0 Å². The Kier molecular flexibility index (Phi) is 16.1. The molecule has 8 bridgehead atoms. The zero-order valence-corrected chi connectivity index (χ0v) is 55.9. The maximum atomic E-state index is 17.9. The van der Waals surface area contributed by atoms with Gasteiger partial charge >= 0.3 is 35.8 Å². The van der Waals surface area contributed by atoms with Gasteiger partial charge in [0, 0.05) is 38.0 Å². The number of methoxy groups -OCH3 is 15. The van der Waals surface area contributed by atoms with E-state index in [1.54, 1.807) is 0 Å². The van der Waals surface area contributed by atoms with Crippen molar-refractivity contribution in [2.24, 2.45) is 11.3 Å². The maximum Gasteiger partial charge on any atom is 0.345 e. The number of carbonyl (C=O) groups excluding carboxylic acids is 7. The number of hydrogen-bond acceptors (Lipinski definition) is 33. The van der Waals surface area contributed by atoms with Gasteiger partial charge in [0.05, 0.1) is 126 Å². The summed E-state index contributed by atoms with van der Waals surface area (Å²) in [7, 11) is 17.9. The van der Waals surface area contributed by atoms with Gasteiger partial charge < -0.3 is 123 Å². The van der Waals surface area contributed by atoms with E-state index in [1.165, 1.54) is 110 Å². The van der Waals surface area contributed by atoms with Crippen molar-refractivity contribution in [1.29, 1.82) is 0 Å². The zero-order chi connectivity index (χ0) is 70.5. The molecule has 2 saturated carbocycles. The average molecular weight is 1380 g/mol.